The molecule has 2 rings (SSSR count). The van der Waals surface area contributed by atoms with E-state index < -0.39 is 0 Å². The summed E-state index contributed by atoms with van der Waals surface area (Å²) in [5.74, 6) is 3.14. The van der Waals surface area contributed by atoms with Crippen molar-refractivity contribution in [3.8, 4) is 0 Å². The molecular weight excluding hydrogens is 115 g/mol. The predicted molar refractivity (Wildman–Crippen MR) is 38.5 cm³/mol. The molecule has 1 aliphatic carbocycles. The van der Waals surface area contributed by atoms with Gasteiger partial charge in [0.25, 0.3) is 0 Å². The van der Waals surface area contributed by atoms with Gasteiger partial charge in [-0.05, 0) is 18.0 Å². The van der Waals surface area contributed by atoms with Gasteiger partial charge in [0.05, 0.1) is 0 Å². The van der Waals surface area contributed by atoms with Crippen LogP contribution in [-0.4, -0.2) is 5.66 Å². The maximum atomic E-state index is 2.36. The Labute approximate surface area is 51.5 Å². The average Bonchev–Trinajstić information content (AvgIpc) is 2.12. The monoisotopic (exact) mass is 124 g/mol. The number of rotatable bonds is 0. The molecule has 3 atom stereocenters. The van der Waals surface area contributed by atoms with Crippen molar-refractivity contribution in [2.75, 3.05) is 0 Å². The van der Waals surface area contributed by atoms with Gasteiger partial charge in [0.15, 0.2) is 0 Å². The van der Waals surface area contributed by atoms with Gasteiger partial charge in [0, 0.05) is 0 Å². The van der Waals surface area contributed by atoms with Crippen LogP contribution in [0.2, 0.25) is 0 Å². The predicted octanol–water partition coefficient (Wildman–Crippen LogP) is 2.14. The van der Waals surface area contributed by atoms with Crippen LogP contribution < -0.4 is 0 Å². The molecule has 0 amide bonds. The summed E-state index contributed by atoms with van der Waals surface area (Å²) < 4.78 is 0. The van der Waals surface area contributed by atoms with E-state index in [0.717, 1.165) is 20.2 Å². The molecule has 0 spiro atoms. The fourth-order valence-electron chi connectivity index (χ4n) is 1.30. The molecule has 0 aromatic rings. The van der Waals surface area contributed by atoms with Crippen LogP contribution in [-0.2, 0) is 0 Å². The first-order valence-electron chi connectivity index (χ1n) is 3.06. The summed E-state index contributed by atoms with van der Waals surface area (Å²) in [5.41, 5.74) is 0.921. The Morgan fingerprint density at radius 1 is 1.25 bits per heavy atom. The summed E-state index contributed by atoms with van der Waals surface area (Å²) in [6, 6.07) is 0. The highest BCUT2D eigenvalue weighted by Gasteiger charge is 2.18. The molecular formula is C7H9P. The lowest BCUT2D eigenvalue weighted by Crippen LogP contribution is -1.97. The van der Waals surface area contributed by atoms with Gasteiger partial charge in [-0.25, -0.2) is 0 Å². The smallest absolute Gasteiger partial charge is 0.00138 e. The van der Waals surface area contributed by atoms with Crippen molar-refractivity contribution in [2.45, 2.75) is 12.1 Å². The molecule has 2 aliphatic rings. The lowest BCUT2D eigenvalue weighted by atomic mass is 10.1. The molecule has 1 unspecified atom stereocenters. The molecule has 1 heteroatoms. The minimum absolute atomic E-state index is 0.807. The minimum atomic E-state index is 0.807. The van der Waals surface area contributed by atoms with E-state index in [2.05, 4.69) is 24.0 Å². The maximum absolute atomic E-state index is 2.36. The van der Waals surface area contributed by atoms with Gasteiger partial charge >= 0.3 is 0 Å². The third-order valence-electron chi connectivity index (χ3n) is 1.77. The van der Waals surface area contributed by atoms with Crippen LogP contribution in [0.1, 0.15) is 6.42 Å². The van der Waals surface area contributed by atoms with Crippen LogP contribution in [0, 0.1) is 5.92 Å². The van der Waals surface area contributed by atoms with E-state index in [9.17, 15) is 0 Å². The van der Waals surface area contributed by atoms with E-state index in [0.29, 0.717) is 0 Å². The highest BCUT2D eigenvalue weighted by molar-refractivity contribution is 7.42. The summed E-state index contributed by atoms with van der Waals surface area (Å²) in [6.07, 6.45) is 8.43. The van der Waals surface area contributed by atoms with Crippen LogP contribution in [0.4, 0.5) is 0 Å². The zero-order valence-corrected chi connectivity index (χ0v) is 5.67. The molecule has 8 heavy (non-hydrogen) atoms. The van der Waals surface area contributed by atoms with E-state index in [1.165, 1.54) is 6.42 Å². The SMILES string of the molecule is C1=C[C@H]2C=C[C@H](C2)P1. The summed E-state index contributed by atoms with van der Waals surface area (Å²) in [4.78, 5) is 0. The van der Waals surface area contributed by atoms with Crippen molar-refractivity contribution in [3.63, 3.8) is 0 Å². The number of fused-ring (bicyclic) bond motifs is 2. The summed E-state index contributed by atoms with van der Waals surface area (Å²) in [6.45, 7) is 0. The lowest BCUT2D eigenvalue weighted by Gasteiger charge is -2.10. The molecule has 1 aliphatic heterocycles. The minimum Gasteiger partial charge on any atom is -0.0916 e. The number of hydrogen-bond acceptors (Lipinski definition) is 0. The number of hydrogen-bond donors (Lipinski definition) is 0. The number of allylic oxidation sites excluding steroid dienone is 3. The standard InChI is InChI=1S/C7H9P/c1-2-7-5-6(1)3-4-8-7/h1-4,6-8H,5H2/t6-,7-/m1/s1. The van der Waals surface area contributed by atoms with E-state index in [1.807, 2.05) is 0 Å². The van der Waals surface area contributed by atoms with Crippen molar-refractivity contribution in [1.82, 2.24) is 0 Å². The van der Waals surface area contributed by atoms with Gasteiger partial charge in [-0.2, -0.15) is 0 Å². The first-order valence-corrected chi connectivity index (χ1v) is 4.22. The summed E-state index contributed by atoms with van der Waals surface area (Å²) in [7, 11) is 1.07. The van der Waals surface area contributed by atoms with Crippen molar-refractivity contribution < 1.29 is 0 Å². The van der Waals surface area contributed by atoms with Crippen molar-refractivity contribution in [1.29, 1.82) is 0 Å². The molecule has 0 saturated heterocycles. The molecule has 0 saturated carbocycles. The zero-order chi connectivity index (χ0) is 5.40. The van der Waals surface area contributed by atoms with E-state index in [-0.39, 0.29) is 0 Å². The van der Waals surface area contributed by atoms with E-state index in [1.54, 1.807) is 0 Å². The van der Waals surface area contributed by atoms with E-state index >= 15 is 0 Å². The molecule has 0 nitrogen and oxygen atoms in total. The Balaban J connectivity index is 2.28. The average molecular weight is 124 g/mol. The molecule has 0 aromatic carbocycles. The van der Waals surface area contributed by atoms with Gasteiger partial charge in [-0.3, -0.25) is 0 Å². The van der Waals surface area contributed by atoms with E-state index in [4.69, 9.17) is 0 Å². The topological polar surface area (TPSA) is 0 Å². The third-order valence-corrected chi connectivity index (χ3v) is 3.01. The molecule has 0 N–H and O–H groups in total. The van der Waals surface area contributed by atoms with Crippen LogP contribution >= 0.6 is 8.58 Å². The largest absolute Gasteiger partial charge is 0.0916 e. The van der Waals surface area contributed by atoms with Gasteiger partial charge < -0.3 is 0 Å². The Hall–Kier alpha value is -0.0900. The quantitative estimate of drug-likeness (QED) is 0.343. The van der Waals surface area contributed by atoms with Crippen LogP contribution in [0.25, 0.3) is 0 Å². The Morgan fingerprint density at radius 3 is 3.00 bits per heavy atom. The highest BCUT2D eigenvalue weighted by Crippen LogP contribution is 2.38. The van der Waals surface area contributed by atoms with Crippen molar-refractivity contribution in [3.05, 3.63) is 24.0 Å². The van der Waals surface area contributed by atoms with Crippen LogP contribution in [0.5, 0.6) is 0 Å². The molecule has 1 heterocycles. The van der Waals surface area contributed by atoms with Crippen molar-refractivity contribution in [2.24, 2.45) is 5.92 Å². The lowest BCUT2D eigenvalue weighted by molar-refractivity contribution is 0.773. The van der Waals surface area contributed by atoms with Crippen LogP contribution in [0.3, 0.4) is 0 Å². The van der Waals surface area contributed by atoms with Gasteiger partial charge in [0.1, 0.15) is 0 Å². The Bertz CT molecular complexity index is 144. The second-order valence-corrected chi connectivity index (χ2v) is 3.82. The fraction of sp³-hybridized carbons (Fsp3) is 0.429. The fourth-order valence-corrected chi connectivity index (χ4v) is 2.53. The summed E-state index contributed by atoms with van der Waals surface area (Å²) in [5, 5.41) is 0. The van der Waals surface area contributed by atoms with Gasteiger partial charge in [0.2, 0.25) is 0 Å². The highest BCUT2D eigenvalue weighted by atomic mass is 31.1. The maximum Gasteiger partial charge on any atom is -0.00138 e. The zero-order valence-electron chi connectivity index (χ0n) is 4.67. The molecule has 0 fully saturated rings. The second-order valence-electron chi connectivity index (χ2n) is 2.42. The van der Waals surface area contributed by atoms with Crippen molar-refractivity contribution >= 4 is 8.58 Å². The van der Waals surface area contributed by atoms with Gasteiger partial charge in [-0.1, -0.05) is 32.6 Å². The normalized spacial score (nSPS) is 44.0. The molecule has 0 radical (unpaired) electrons. The molecule has 42 valence electrons. The first-order chi connectivity index (χ1) is 3.95. The Kier molecular flexibility index (Phi) is 1.01. The molecule has 0 aromatic heterocycles. The first kappa shape index (κ1) is 4.76. The Morgan fingerprint density at radius 2 is 2.25 bits per heavy atom. The third kappa shape index (κ3) is 0.641. The molecule has 2 bridgehead atoms. The van der Waals surface area contributed by atoms with Gasteiger partial charge in [-0.15, -0.1) is 0 Å². The van der Waals surface area contributed by atoms with Crippen LogP contribution in [0.15, 0.2) is 24.0 Å². The second kappa shape index (κ2) is 1.70. The summed E-state index contributed by atoms with van der Waals surface area (Å²) >= 11 is 0.